The second kappa shape index (κ2) is 7.90. The summed E-state index contributed by atoms with van der Waals surface area (Å²) < 4.78 is 1.93. The fourth-order valence-corrected chi connectivity index (χ4v) is 3.98. The zero-order valence-electron chi connectivity index (χ0n) is 15.8. The van der Waals surface area contributed by atoms with Gasteiger partial charge in [-0.1, -0.05) is 41.5 Å². The minimum Gasteiger partial charge on any atom is -0.309 e. The van der Waals surface area contributed by atoms with E-state index in [-0.39, 0.29) is 5.91 Å². The molecule has 28 heavy (non-hydrogen) atoms. The van der Waals surface area contributed by atoms with Gasteiger partial charge in [-0.2, -0.15) is 0 Å². The Morgan fingerprint density at radius 2 is 1.71 bits per heavy atom. The van der Waals surface area contributed by atoms with Gasteiger partial charge in [-0.25, -0.2) is 4.98 Å². The summed E-state index contributed by atoms with van der Waals surface area (Å²) in [6, 6.07) is 22.1. The Bertz CT molecular complexity index is 1120. The van der Waals surface area contributed by atoms with Crippen LogP contribution >= 0.6 is 11.8 Å². The molecule has 0 saturated heterocycles. The predicted molar refractivity (Wildman–Crippen MR) is 116 cm³/mol. The number of benzene rings is 2. The van der Waals surface area contributed by atoms with Crippen molar-refractivity contribution >= 4 is 29.1 Å². The van der Waals surface area contributed by atoms with E-state index in [1.165, 1.54) is 22.9 Å². The van der Waals surface area contributed by atoms with Crippen LogP contribution in [-0.4, -0.2) is 21.0 Å². The standard InChI is InChI=1S/C23H21N3OS/c1-16-12-17(2)14-18(13-16)22-23(26-11-7-6-10-20(26)24-22)25-21(27)15-28-19-8-4-3-5-9-19/h3-14H,15H2,1-2H3,(H,25,27). The first kappa shape index (κ1) is 18.3. The Morgan fingerprint density at radius 3 is 2.46 bits per heavy atom. The van der Waals surface area contributed by atoms with Crippen molar-refractivity contribution in [1.29, 1.82) is 0 Å². The normalized spacial score (nSPS) is 10.9. The summed E-state index contributed by atoms with van der Waals surface area (Å²) in [4.78, 5) is 18.5. The molecular formula is C23H21N3OS. The summed E-state index contributed by atoms with van der Waals surface area (Å²) in [5.41, 5.74) is 4.94. The van der Waals surface area contributed by atoms with Crippen molar-refractivity contribution < 1.29 is 4.79 Å². The van der Waals surface area contributed by atoms with E-state index < -0.39 is 0 Å². The lowest BCUT2D eigenvalue weighted by Crippen LogP contribution is -2.16. The van der Waals surface area contributed by atoms with Crippen molar-refractivity contribution in [2.45, 2.75) is 18.7 Å². The lowest BCUT2D eigenvalue weighted by molar-refractivity contribution is -0.113. The Morgan fingerprint density at radius 1 is 1.00 bits per heavy atom. The average molecular weight is 388 g/mol. The summed E-state index contributed by atoms with van der Waals surface area (Å²) in [5.74, 6) is 1.00. The molecule has 5 heteroatoms. The Balaban J connectivity index is 1.66. The average Bonchev–Trinajstić information content (AvgIpc) is 3.05. The number of hydrogen-bond acceptors (Lipinski definition) is 3. The Kier molecular flexibility index (Phi) is 5.17. The number of nitrogens with zero attached hydrogens (tertiary/aromatic N) is 2. The first-order valence-electron chi connectivity index (χ1n) is 9.13. The number of aromatic nitrogens is 2. The number of aryl methyl sites for hydroxylation is 2. The number of nitrogens with one attached hydrogen (secondary N) is 1. The summed E-state index contributed by atoms with van der Waals surface area (Å²) in [6.07, 6.45) is 1.93. The van der Waals surface area contributed by atoms with E-state index in [0.29, 0.717) is 11.6 Å². The SMILES string of the molecule is Cc1cc(C)cc(-c2nc3ccccn3c2NC(=O)CSc2ccccc2)c1. The number of imidazole rings is 1. The highest BCUT2D eigenvalue weighted by molar-refractivity contribution is 8.00. The number of anilines is 1. The van der Waals surface area contributed by atoms with Gasteiger partial charge >= 0.3 is 0 Å². The highest BCUT2D eigenvalue weighted by Gasteiger charge is 2.17. The minimum atomic E-state index is -0.0508. The molecule has 0 fully saturated rings. The first-order chi connectivity index (χ1) is 13.6. The number of rotatable bonds is 5. The van der Waals surface area contributed by atoms with Gasteiger partial charge in [-0.05, 0) is 50.2 Å². The smallest absolute Gasteiger partial charge is 0.235 e. The maximum atomic E-state index is 12.7. The molecule has 0 unspecified atom stereocenters. The van der Waals surface area contributed by atoms with Crippen molar-refractivity contribution in [3.05, 3.63) is 84.1 Å². The molecular weight excluding hydrogens is 366 g/mol. The molecule has 0 aliphatic rings. The van der Waals surface area contributed by atoms with E-state index in [1.54, 1.807) is 0 Å². The van der Waals surface area contributed by atoms with Crippen LogP contribution in [0, 0.1) is 13.8 Å². The maximum absolute atomic E-state index is 12.7. The summed E-state index contributed by atoms with van der Waals surface area (Å²) in [6.45, 7) is 4.14. The van der Waals surface area contributed by atoms with E-state index in [2.05, 4.69) is 37.4 Å². The van der Waals surface area contributed by atoms with Crippen LogP contribution in [0.5, 0.6) is 0 Å². The molecule has 1 N–H and O–H groups in total. The molecule has 0 spiro atoms. The van der Waals surface area contributed by atoms with Gasteiger partial charge in [-0.15, -0.1) is 11.8 Å². The molecule has 1 amide bonds. The number of amides is 1. The fraction of sp³-hybridized carbons (Fsp3) is 0.130. The third-order valence-electron chi connectivity index (χ3n) is 4.40. The second-order valence-electron chi connectivity index (χ2n) is 6.76. The summed E-state index contributed by atoms with van der Waals surface area (Å²) in [7, 11) is 0. The van der Waals surface area contributed by atoms with E-state index in [4.69, 9.17) is 4.98 Å². The lowest BCUT2D eigenvalue weighted by Gasteiger charge is -2.09. The quantitative estimate of drug-likeness (QED) is 0.470. The van der Waals surface area contributed by atoms with Crippen molar-refractivity contribution in [2.24, 2.45) is 0 Å². The molecule has 0 bridgehead atoms. The largest absolute Gasteiger partial charge is 0.309 e. The van der Waals surface area contributed by atoms with Crippen LogP contribution in [0.15, 0.2) is 77.8 Å². The number of hydrogen-bond donors (Lipinski definition) is 1. The molecule has 0 saturated carbocycles. The molecule has 0 aliphatic carbocycles. The molecule has 0 atom stereocenters. The van der Waals surface area contributed by atoms with E-state index in [9.17, 15) is 4.79 Å². The van der Waals surface area contributed by atoms with Crippen molar-refractivity contribution in [1.82, 2.24) is 9.38 Å². The van der Waals surface area contributed by atoms with Crippen LogP contribution in [0.2, 0.25) is 0 Å². The zero-order valence-corrected chi connectivity index (χ0v) is 16.7. The Labute approximate surface area is 168 Å². The van der Waals surface area contributed by atoms with Gasteiger partial charge in [0.05, 0.1) is 5.75 Å². The molecule has 140 valence electrons. The van der Waals surface area contributed by atoms with Crippen molar-refractivity contribution in [2.75, 3.05) is 11.1 Å². The van der Waals surface area contributed by atoms with Crippen LogP contribution < -0.4 is 5.32 Å². The van der Waals surface area contributed by atoms with Crippen LogP contribution in [0.3, 0.4) is 0 Å². The topological polar surface area (TPSA) is 46.4 Å². The highest BCUT2D eigenvalue weighted by Crippen LogP contribution is 2.30. The molecule has 0 aliphatic heterocycles. The second-order valence-corrected chi connectivity index (χ2v) is 7.81. The number of carbonyl (C=O) groups excluding carboxylic acids is 1. The molecule has 2 aromatic carbocycles. The fourth-order valence-electron chi connectivity index (χ4n) is 3.26. The van der Waals surface area contributed by atoms with E-state index >= 15 is 0 Å². The molecule has 2 heterocycles. The van der Waals surface area contributed by atoms with E-state index in [0.717, 1.165) is 21.8 Å². The minimum absolute atomic E-state index is 0.0508. The summed E-state index contributed by atoms with van der Waals surface area (Å²) in [5, 5.41) is 3.08. The van der Waals surface area contributed by atoms with E-state index in [1.807, 2.05) is 59.1 Å². The third-order valence-corrected chi connectivity index (χ3v) is 5.41. The van der Waals surface area contributed by atoms with Gasteiger partial charge in [0, 0.05) is 16.7 Å². The van der Waals surface area contributed by atoms with Gasteiger partial charge in [-0.3, -0.25) is 9.20 Å². The number of carbonyl (C=O) groups is 1. The lowest BCUT2D eigenvalue weighted by atomic mass is 10.1. The van der Waals surface area contributed by atoms with Crippen LogP contribution in [0.4, 0.5) is 5.82 Å². The predicted octanol–water partition coefficient (Wildman–Crippen LogP) is 5.35. The Hall–Kier alpha value is -3.05. The van der Waals surface area contributed by atoms with Crippen LogP contribution in [0.25, 0.3) is 16.9 Å². The monoisotopic (exact) mass is 387 g/mol. The molecule has 2 aromatic heterocycles. The van der Waals surface area contributed by atoms with Crippen molar-refractivity contribution in [3.63, 3.8) is 0 Å². The van der Waals surface area contributed by atoms with Gasteiger partial charge in [0.25, 0.3) is 0 Å². The number of thioether (sulfide) groups is 1. The number of fused-ring (bicyclic) bond motifs is 1. The van der Waals surface area contributed by atoms with Crippen LogP contribution in [-0.2, 0) is 4.79 Å². The van der Waals surface area contributed by atoms with Crippen LogP contribution in [0.1, 0.15) is 11.1 Å². The molecule has 4 rings (SSSR count). The molecule has 4 nitrogen and oxygen atoms in total. The molecule has 0 radical (unpaired) electrons. The van der Waals surface area contributed by atoms with Gasteiger partial charge < -0.3 is 5.32 Å². The van der Waals surface area contributed by atoms with Gasteiger partial charge in [0.1, 0.15) is 17.2 Å². The van der Waals surface area contributed by atoms with Crippen molar-refractivity contribution in [3.8, 4) is 11.3 Å². The number of pyridine rings is 1. The molecule has 4 aromatic rings. The summed E-state index contributed by atoms with van der Waals surface area (Å²) >= 11 is 1.52. The first-order valence-corrected chi connectivity index (χ1v) is 10.1. The van der Waals surface area contributed by atoms with Gasteiger partial charge in [0.15, 0.2) is 0 Å². The third kappa shape index (κ3) is 3.94. The highest BCUT2D eigenvalue weighted by atomic mass is 32.2. The maximum Gasteiger partial charge on any atom is 0.235 e. The zero-order chi connectivity index (χ0) is 19.5. The van der Waals surface area contributed by atoms with Gasteiger partial charge in [0.2, 0.25) is 5.91 Å².